The van der Waals surface area contributed by atoms with Crippen molar-refractivity contribution in [1.29, 1.82) is 0 Å². The molecule has 20 heavy (non-hydrogen) atoms. The van der Waals surface area contributed by atoms with Gasteiger partial charge < -0.3 is 9.84 Å². The topological polar surface area (TPSA) is 29.5 Å². The third-order valence-corrected chi connectivity index (χ3v) is 4.81. The second kappa shape index (κ2) is 5.88. The quantitative estimate of drug-likeness (QED) is 0.827. The highest BCUT2D eigenvalue weighted by molar-refractivity contribution is 9.11. The molecule has 1 atom stereocenters. The van der Waals surface area contributed by atoms with Crippen LogP contribution in [0.3, 0.4) is 0 Å². The molecule has 0 aliphatic heterocycles. The van der Waals surface area contributed by atoms with E-state index in [1.54, 1.807) is 0 Å². The first-order valence-electron chi connectivity index (χ1n) is 6.48. The number of hydrogen-bond donors (Lipinski definition) is 1. The van der Waals surface area contributed by atoms with Crippen molar-refractivity contribution in [2.45, 2.75) is 18.9 Å². The number of rotatable bonds is 4. The Morgan fingerprint density at radius 2 is 1.85 bits per heavy atom. The molecule has 0 fully saturated rings. The Morgan fingerprint density at radius 3 is 2.50 bits per heavy atom. The van der Waals surface area contributed by atoms with E-state index in [0.29, 0.717) is 12.5 Å². The average Bonchev–Trinajstić information content (AvgIpc) is 2.42. The molecule has 1 aliphatic rings. The van der Waals surface area contributed by atoms with Crippen LogP contribution >= 0.6 is 31.9 Å². The average molecular weight is 398 g/mol. The molecule has 104 valence electrons. The monoisotopic (exact) mass is 396 g/mol. The summed E-state index contributed by atoms with van der Waals surface area (Å²) in [6, 6.07) is 12.3. The molecule has 0 spiro atoms. The Labute approximate surface area is 135 Å². The van der Waals surface area contributed by atoms with Crippen LogP contribution in [-0.4, -0.2) is 11.7 Å². The minimum Gasteiger partial charge on any atom is -0.491 e. The molecule has 0 amide bonds. The van der Waals surface area contributed by atoms with Crippen LogP contribution in [0.4, 0.5) is 0 Å². The summed E-state index contributed by atoms with van der Waals surface area (Å²) in [4.78, 5) is 0. The van der Waals surface area contributed by atoms with Crippen molar-refractivity contribution >= 4 is 31.9 Å². The zero-order valence-electron chi connectivity index (χ0n) is 10.8. The fraction of sp³-hybridized carbons (Fsp3) is 0.250. The molecule has 2 aromatic rings. The molecule has 2 nitrogen and oxygen atoms in total. The van der Waals surface area contributed by atoms with Crippen molar-refractivity contribution in [3.63, 3.8) is 0 Å². The Hall–Kier alpha value is -0.840. The van der Waals surface area contributed by atoms with Gasteiger partial charge in [0.15, 0.2) is 0 Å². The zero-order chi connectivity index (χ0) is 14.1. The highest BCUT2D eigenvalue weighted by Gasteiger charge is 2.26. The molecule has 0 saturated heterocycles. The summed E-state index contributed by atoms with van der Waals surface area (Å²) in [6.07, 6.45) is 1.08. The van der Waals surface area contributed by atoms with Crippen LogP contribution < -0.4 is 4.74 Å². The predicted octanol–water partition coefficient (Wildman–Crippen LogP) is 4.42. The minimum absolute atomic E-state index is 0.0213. The highest BCUT2D eigenvalue weighted by atomic mass is 79.9. The van der Waals surface area contributed by atoms with Gasteiger partial charge in [0.05, 0.1) is 22.2 Å². The fourth-order valence-corrected chi connectivity index (χ4v) is 4.05. The van der Waals surface area contributed by atoms with Gasteiger partial charge in [0.2, 0.25) is 0 Å². The van der Waals surface area contributed by atoms with E-state index in [1.165, 1.54) is 11.1 Å². The number of hydrogen-bond acceptors (Lipinski definition) is 2. The maximum absolute atomic E-state index is 9.17. The molecular formula is C16H14Br2O2. The summed E-state index contributed by atoms with van der Waals surface area (Å²) in [7, 11) is 0. The number of aliphatic hydroxyl groups excluding tert-OH is 1. The van der Waals surface area contributed by atoms with Crippen LogP contribution in [0.1, 0.15) is 22.6 Å². The van der Waals surface area contributed by atoms with Crippen molar-refractivity contribution in [2.24, 2.45) is 0 Å². The lowest BCUT2D eigenvalue weighted by Crippen LogP contribution is -2.23. The van der Waals surface area contributed by atoms with E-state index < -0.39 is 0 Å². The summed E-state index contributed by atoms with van der Waals surface area (Å²) in [6.45, 7) is 0.695. The lowest BCUT2D eigenvalue weighted by atomic mass is 9.78. The minimum atomic E-state index is 0.0213. The van der Waals surface area contributed by atoms with Crippen LogP contribution in [0.25, 0.3) is 0 Å². The van der Waals surface area contributed by atoms with E-state index in [2.05, 4.69) is 56.1 Å². The van der Waals surface area contributed by atoms with E-state index >= 15 is 0 Å². The van der Waals surface area contributed by atoms with Crippen molar-refractivity contribution in [3.8, 4) is 5.75 Å². The zero-order valence-corrected chi connectivity index (χ0v) is 13.9. The maximum Gasteiger partial charge on any atom is 0.147 e. The third kappa shape index (κ3) is 2.65. The first-order valence-corrected chi connectivity index (χ1v) is 8.07. The van der Waals surface area contributed by atoms with Gasteiger partial charge in [-0.15, -0.1) is 0 Å². The smallest absolute Gasteiger partial charge is 0.147 e. The SMILES string of the molecule is OCc1cc(Br)c(OCC2Cc3ccccc32)c(Br)c1. The molecule has 0 bridgehead atoms. The van der Waals surface area contributed by atoms with Gasteiger partial charge in [0.25, 0.3) is 0 Å². The van der Waals surface area contributed by atoms with Crippen LogP contribution in [0.15, 0.2) is 45.3 Å². The lowest BCUT2D eigenvalue weighted by molar-refractivity contribution is 0.269. The molecule has 0 aromatic heterocycles. The molecule has 0 saturated carbocycles. The van der Waals surface area contributed by atoms with E-state index in [4.69, 9.17) is 9.84 Å². The van der Waals surface area contributed by atoms with Crippen LogP contribution in [0.2, 0.25) is 0 Å². The number of fused-ring (bicyclic) bond motifs is 1. The Bertz CT molecular complexity index is 617. The second-order valence-electron chi connectivity index (χ2n) is 4.96. The Morgan fingerprint density at radius 1 is 1.15 bits per heavy atom. The van der Waals surface area contributed by atoms with Gasteiger partial charge in [-0.25, -0.2) is 0 Å². The Kier molecular flexibility index (Phi) is 4.15. The van der Waals surface area contributed by atoms with Crippen LogP contribution in [-0.2, 0) is 13.0 Å². The first-order chi connectivity index (χ1) is 9.69. The number of ether oxygens (including phenoxy) is 1. The summed E-state index contributed by atoms with van der Waals surface area (Å²) in [5.74, 6) is 1.27. The summed E-state index contributed by atoms with van der Waals surface area (Å²) >= 11 is 6.99. The van der Waals surface area contributed by atoms with E-state index in [9.17, 15) is 0 Å². The van der Waals surface area contributed by atoms with Gasteiger partial charge in [-0.1, -0.05) is 24.3 Å². The van der Waals surface area contributed by atoms with Crippen molar-refractivity contribution < 1.29 is 9.84 Å². The molecule has 3 rings (SSSR count). The highest BCUT2D eigenvalue weighted by Crippen LogP contribution is 2.38. The molecular weight excluding hydrogens is 384 g/mol. The third-order valence-electron chi connectivity index (χ3n) is 3.63. The van der Waals surface area contributed by atoms with E-state index in [-0.39, 0.29) is 6.61 Å². The van der Waals surface area contributed by atoms with Gasteiger partial charge in [-0.05, 0) is 67.1 Å². The standard InChI is InChI=1S/C16H14Br2O2/c17-14-5-10(8-19)6-15(18)16(14)20-9-12-7-11-3-1-2-4-13(11)12/h1-6,12,19H,7-9H2. The van der Waals surface area contributed by atoms with E-state index in [0.717, 1.165) is 26.7 Å². The molecule has 0 radical (unpaired) electrons. The van der Waals surface area contributed by atoms with Crippen LogP contribution in [0.5, 0.6) is 5.75 Å². The molecule has 1 N–H and O–H groups in total. The molecule has 1 unspecified atom stereocenters. The van der Waals surface area contributed by atoms with Gasteiger partial charge in [-0.2, -0.15) is 0 Å². The number of aliphatic hydroxyl groups is 1. The van der Waals surface area contributed by atoms with Crippen molar-refractivity contribution in [3.05, 3.63) is 62.0 Å². The number of benzene rings is 2. The Balaban J connectivity index is 1.71. The molecule has 1 aliphatic carbocycles. The molecule has 2 aromatic carbocycles. The molecule has 0 heterocycles. The normalized spacial score (nSPS) is 16.4. The van der Waals surface area contributed by atoms with Crippen molar-refractivity contribution in [1.82, 2.24) is 0 Å². The predicted molar refractivity (Wildman–Crippen MR) is 86.1 cm³/mol. The van der Waals surface area contributed by atoms with E-state index in [1.807, 2.05) is 12.1 Å². The largest absolute Gasteiger partial charge is 0.491 e. The number of halogens is 2. The second-order valence-corrected chi connectivity index (χ2v) is 6.67. The molecule has 4 heteroatoms. The maximum atomic E-state index is 9.17. The van der Waals surface area contributed by atoms with Crippen molar-refractivity contribution in [2.75, 3.05) is 6.61 Å². The van der Waals surface area contributed by atoms with Gasteiger partial charge >= 0.3 is 0 Å². The van der Waals surface area contributed by atoms with Gasteiger partial charge in [0.1, 0.15) is 5.75 Å². The van der Waals surface area contributed by atoms with Crippen LogP contribution in [0, 0.1) is 0 Å². The lowest BCUT2D eigenvalue weighted by Gasteiger charge is -2.30. The van der Waals surface area contributed by atoms with Gasteiger partial charge in [0, 0.05) is 5.92 Å². The summed E-state index contributed by atoms with van der Waals surface area (Å²) < 4.78 is 7.68. The summed E-state index contributed by atoms with van der Waals surface area (Å²) in [5, 5.41) is 9.17. The van der Waals surface area contributed by atoms with Gasteiger partial charge in [-0.3, -0.25) is 0 Å². The summed E-state index contributed by atoms with van der Waals surface area (Å²) in [5.41, 5.74) is 3.67. The first kappa shape index (κ1) is 14.1. The fourth-order valence-electron chi connectivity index (χ4n) is 2.54.